The van der Waals surface area contributed by atoms with Crippen LogP contribution in [0.2, 0.25) is 0 Å². The Morgan fingerprint density at radius 3 is 2.88 bits per heavy atom. The van der Waals surface area contributed by atoms with Crippen LogP contribution in [0.5, 0.6) is 11.5 Å². The van der Waals surface area contributed by atoms with Crippen molar-refractivity contribution in [1.82, 2.24) is 10.6 Å². The van der Waals surface area contributed by atoms with Crippen molar-refractivity contribution in [1.29, 1.82) is 0 Å². The van der Waals surface area contributed by atoms with Crippen molar-refractivity contribution in [3.8, 4) is 11.5 Å². The lowest BCUT2D eigenvalue weighted by Gasteiger charge is -2.22. The summed E-state index contributed by atoms with van der Waals surface area (Å²) in [6.45, 7) is -0.667. The molecule has 138 valence electrons. The molecule has 1 aliphatic rings. The van der Waals surface area contributed by atoms with Gasteiger partial charge in [-0.05, 0) is 24.1 Å². The number of halogens is 2. The predicted octanol–water partition coefficient (Wildman–Crippen LogP) is -1.03. The molecule has 1 saturated heterocycles. The minimum Gasteiger partial charge on any atom is -0.493 e. The Hall–Kier alpha value is -2.42. The van der Waals surface area contributed by atoms with Gasteiger partial charge in [0.05, 0.1) is 20.2 Å². The zero-order chi connectivity index (χ0) is 18.2. The minimum absolute atomic E-state index is 0.0303. The molecule has 2 rings (SSSR count). The number of carbonyl (C=O) groups excluding carboxylic acids is 2. The molecule has 0 aliphatic carbocycles. The zero-order valence-corrected chi connectivity index (χ0v) is 13.9. The second-order valence-corrected chi connectivity index (χ2v) is 5.67. The Balaban J connectivity index is 1.78. The van der Waals surface area contributed by atoms with Crippen LogP contribution in [0.3, 0.4) is 0 Å². The first-order valence-corrected chi connectivity index (χ1v) is 7.96. The molecule has 0 radical (unpaired) electrons. The lowest BCUT2D eigenvalue weighted by molar-refractivity contribution is -0.885. The number of piperazine rings is 1. The third-order valence-corrected chi connectivity index (χ3v) is 3.80. The summed E-state index contributed by atoms with van der Waals surface area (Å²) in [4.78, 5) is 24.1. The molecule has 1 aromatic carbocycles. The van der Waals surface area contributed by atoms with Gasteiger partial charge in [0.15, 0.2) is 24.6 Å². The lowest BCUT2D eigenvalue weighted by atomic mass is 10.1. The van der Waals surface area contributed by atoms with Gasteiger partial charge in [-0.15, -0.1) is 0 Å². The summed E-state index contributed by atoms with van der Waals surface area (Å²) in [7, 11) is 1.37. The van der Waals surface area contributed by atoms with Crippen LogP contribution >= 0.6 is 0 Å². The second-order valence-electron chi connectivity index (χ2n) is 5.67. The van der Waals surface area contributed by atoms with Crippen molar-refractivity contribution in [3.63, 3.8) is 0 Å². The summed E-state index contributed by atoms with van der Waals surface area (Å²) < 4.78 is 34.0. The quantitative estimate of drug-likeness (QED) is 0.555. The monoisotopic (exact) mass is 358 g/mol. The topological polar surface area (TPSA) is 81.1 Å². The van der Waals surface area contributed by atoms with E-state index in [1.54, 1.807) is 12.1 Å². The van der Waals surface area contributed by atoms with E-state index in [9.17, 15) is 18.4 Å². The molecule has 1 aliphatic heterocycles. The van der Waals surface area contributed by atoms with Crippen molar-refractivity contribution >= 4 is 11.8 Å². The maximum atomic E-state index is 12.3. The second kappa shape index (κ2) is 9.16. The summed E-state index contributed by atoms with van der Waals surface area (Å²) in [5, 5.41) is 5.51. The van der Waals surface area contributed by atoms with E-state index < -0.39 is 6.61 Å². The Morgan fingerprint density at radius 1 is 1.40 bits per heavy atom. The molecule has 9 heteroatoms. The fraction of sp³-hybridized carbons (Fsp3) is 0.500. The number of alkyl halides is 2. The number of amides is 2. The first-order chi connectivity index (χ1) is 12.0. The van der Waals surface area contributed by atoms with E-state index >= 15 is 0 Å². The molecule has 1 atom stereocenters. The molecular weight excluding hydrogens is 336 g/mol. The van der Waals surface area contributed by atoms with Crippen LogP contribution in [0.1, 0.15) is 5.56 Å². The first-order valence-electron chi connectivity index (χ1n) is 7.96. The van der Waals surface area contributed by atoms with Crippen molar-refractivity contribution in [3.05, 3.63) is 23.8 Å². The van der Waals surface area contributed by atoms with E-state index in [2.05, 4.69) is 15.4 Å². The van der Waals surface area contributed by atoms with Crippen LogP contribution in [0.25, 0.3) is 0 Å². The van der Waals surface area contributed by atoms with E-state index in [0.29, 0.717) is 26.1 Å². The van der Waals surface area contributed by atoms with Crippen LogP contribution in [0.4, 0.5) is 8.78 Å². The zero-order valence-electron chi connectivity index (χ0n) is 13.9. The van der Waals surface area contributed by atoms with E-state index in [-0.39, 0.29) is 29.9 Å². The smallest absolute Gasteiger partial charge is 0.387 e. The van der Waals surface area contributed by atoms with E-state index in [0.717, 1.165) is 17.0 Å². The van der Waals surface area contributed by atoms with Crippen molar-refractivity contribution < 1.29 is 32.7 Å². The van der Waals surface area contributed by atoms with Gasteiger partial charge >= 0.3 is 6.61 Å². The number of methoxy groups -OCH3 is 1. The number of nitrogens with one attached hydrogen (secondary N) is 3. The van der Waals surface area contributed by atoms with Gasteiger partial charge in [-0.1, -0.05) is 6.07 Å². The molecule has 1 heterocycles. The maximum absolute atomic E-state index is 12.3. The molecule has 0 bridgehead atoms. The lowest BCUT2D eigenvalue weighted by Crippen LogP contribution is -3.16. The van der Waals surface area contributed by atoms with E-state index in [1.807, 2.05) is 0 Å². The number of ether oxygens (including phenoxy) is 2. The molecular formula is C16H22F2N3O4+. The summed E-state index contributed by atoms with van der Waals surface area (Å²) in [5.41, 5.74) is 0.823. The Bertz CT molecular complexity index is 613. The number of hydrogen-bond donors (Lipinski definition) is 3. The van der Waals surface area contributed by atoms with Crippen LogP contribution in [0.15, 0.2) is 18.2 Å². The van der Waals surface area contributed by atoms with Gasteiger partial charge in [0, 0.05) is 6.54 Å². The fourth-order valence-electron chi connectivity index (χ4n) is 2.60. The number of benzene rings is 1. The summed E-state index contributed by atoms with van der Waals surface area (Å²) in [6, 6.07) is 4.66. The molecule has 0 spiro atoms. The third-order valence-electron chi connectivity index (χ3n) is 3.80. The highest BCUT2D eigenvalue weighted by Gasteiger charge is 2.21. The van der Waals surface area contributed by atoms with Gasteiger partial charge in [0.25, 0.3) is 11.8 Å². The summed E-state index contributed by atoms with van der Waals surface area (Å²) >= 11 is 0. The Kier molecular flexibility index (Phi) is 6.93. The Labute approximate surface area is 144 Å². The highest BCUT2D eigenvalue weighted by molar-refractivity contribution is 5.79. The normalized spacial score (nSPS) is 17.1. The molecule has 25 heavy (non-hydrogen) atoms. The highest BCUT2D eigenvalue weighted by atomic mass is 19.3. The third kappa shape index (κ3) is 6.18. The number of rotatable bonds is 8. The van der Waals surface area contributed by atoms with Gasteiger partial charge < -0.3 is 25.0 Å². The van der Waals surface area contributed by atoms with Crippen LogP contribution < -0.4 is 25.0 Å². The molecule has 1 fully saturated rings. The number of carbonyl (C=O) groups is 2. The molecule has 2 amide bonds. The van der Waals surface area contributed by atoms with Gasteiger partial charge in [-0.3, -0.25) is 9.59 Å². The average Bonchev–Trinajstić information content (AvgIpc) is 2.55. The summed E-state index contributed by atoms with van der Waals surface area (Å²) in [6.07, 6.45) is 0.521. The van der Waals surface area contributed by atoms with Crippen molar-refractivity contribution in [2.75, 3.05) is 39.8 Å². The molecule has 7 nitrogen and oxygen atoms in total. The predicted molar refractivity (Wildman–Crippen MR) is 84.9 cm³/mol. The largest absolute Gasteiger partial charge is 0.493 e. The van der Waals surface area contributed by atoms with Crippen molar-refractivity contribution in [2.45, 2.75) is 13.0 Å². The number of quaternary nitrogens is 1. The highest BCUT2D eigenvalue weighted by Crippen LogP contribution is 2.29. The molecule has 1 aromatic rings. The molecule has 0 saturated carbocycles. The molecule has 3 N–H and O–H groups in total. The van der Waals surface area contributed by atoms with Crippen LogP contribution in [-0.4, -0.2) is 58.3 Å². The number of hydrogen-bond acceptors (Lipinski definition) is 4. The van der Waals surface area contributed by atoms with Crippen LogP contribution in [-0.2, 0) is 16.0 Å². The minimum atomic E-state index is -2.92. The van der Waals surface area contributed by atoms with Gasteiger partial charge in [-0.2, -0.15) is 8.78 Å². The van der Waals surface area contributed by atoms with Crippen molar-refractivity contribution in [2.24, 2.45) is 0 Å². The van der Waals surface area contributed by atoms with Gasteiger partial charge in [0.1, 0.15) is 0 Å². The van der Waals surface area contributed by atoms with Gasteiger partial charge in [-0.25, -0.2) is 0 Å². The van der Waals surface area contributed by atoms with Gasteiger partial charge in [0.2, 0.25) is 0 Å². The summed E-state index contributed by atoms with van der Waals surface area (Å²) in [5.74, 6) is 0.00623. The molecule has 0 aromatic heterocycles. The first kappa shape index (κ1) is 18.9. The Morgan fingerprint density at radius 2 is 2.20 bits per heavy atom. The SMILES string of the molecule is COc1cc(CCNC(=O)C[NH+]2CCNC(=O)C2)ccc1OC(F)F. The average molecular weight is 358 g/mol. The van der Waals surface area contributed by atoms with E-state index in [1.165, 1.54) is 13.2 Å². The fourth-order valence-corrected chi connectivity index (χ4v) is 2.60. The maximum Gasteiger partial charge on any atom is 0.387 e. The molecule has 1 unspecified atom stereocenters. The van der Waals surface area contributed by atoms with Crippen LogP contribution in [0, 0.1) is 0 Å². The van der Waals surface area contributed by atoms with E-state index in [4.69, 9.17) is 4.74 Å². The standard InChI is InChI=1S/C16H21F2N3O4/c1-24-13-8-11(2-3-12(13)25-16(17)18)4-5-19-14(22)9-21-7-6-20-15(23)10-21/h2-3,8,16H,4-7,9-10H2,1H3,(H,19,22)(H,20,23)/p+1.